The molecule has 1 aliphatic carbocycles. The highest BCUT2D eigenvalue weighted by molar-refractivity contribution is 6.33. The first-order valence-electron chi connectivity index (χ1n) is 10.3. The summed E-state index contributed by atoms with van der Waals surface area (Å²) >= 11 is 12.5. The van der Waals surface area contributed by atoms with E-state index in [0.29, 0.717) is 28.8 Å². The zero-order valence-corrected chi connectivity index (χ0v) is 18.1. The van der Waals surface area contributed by atoms with Gasteiger partial charge in [0, 0.05) is 42.4 Å². The van der Waals surface area contributed by atoms with E-state index in [0.717, 1.165) is 35.9 Å². The SMILES string of the molecule is O=C(c1cccn1Cc1cc(Cl)ccc1Cl)N1CCN(CC2CC2)c2ccccc21. The highest BCUT2D eigenvalue weighted by Gasteiger charge is 2.31. The van der Waals surface area contributed by atoms with Gasteiger partial charge in [0.15, 0.2) is 0 Å². The van der Waals surface area contributed by atoms with Crippen LogP contribution in [0.5, 0.6) is 0 Å². The van der Waals surface area contributed by atoms with Crippen LogP contribution in [-0.4, -0.2) is 30.1 Å². The van der Waals surface area contributed by atoms with Crippen molar-refractivity contribution in [3.63, 3.8) is 0 Å². The maximum atomic E-state index is 13.6. The van der Waals surface area contributed by atoms with E-state index in [1.54, 1.807) is 12.1 Å². The van der Waals surface area contributed by atoms with Crippen molar-refractivity contribution in [2.75, 3.05) is 29.4 Å². The number of halogens is 2. The van der Waals surface area contributed by atoms with Gasteiger partial charge in [-0.25, -0.2) is 0 Å². The lowest BCUT2D eigenvalue weighted by Crippen LogP contribution is -2.45. The summed E-state index contributed by atoms with van der Waals surface area (Å²) in [6.45, 7) is 3.13. The second-order valence-electron chi connectivity index (χ2n) is 8.09. The zero-order valence-electron chi connectivity index (χ0n) is 16.6. The number of nitrogens with zero attached hydrogens (tertiary/aromatic N) is 3. The topological polar surface area (TPSA) is 28.5 Å². The molecule has 1 amide bonds. The lowest BCUT2D eigenvalue weighted by Gasteiger charge is -2.38. The standard InChI is InChI=1S/C24H23Cl2N3O/c25-19-9-10-20(26)18(14-19)16-27-11-3-6-23(27)24(30)29-13-12-28(15-17-7-8-17)21-4-1-2-5-22(21)29/h1-6,9-11,14,17H,7-8,12-13,15-16H2. The number of hydrogen-bond donors (Lipinski definition) is 0. The molecule has 0 saturated heterocycles. The minimum absolute atomic E-state index is 0.0108. The molecular weight excluding hydrogens is 417 g/mol. The Bertz CT molecular complexity index is 1090. The van der Waals surface area contributed by atoms with Gasteiger partial charge in [0.05, 0.1) is 11.4 Å². The third-order valence-electron chi connectivity index (χ3n) is 5.92. The first kappa shape index (κ1) is 19.5. The van der Waals surface area contributed by atoms with Crippen molar-refractivity contribution in [2.24, 2.45) is 5.92 Å². The largest absolute Gasteiger partial charge is 0.368 e. The van der Waals surface area contributed by atoms with Crippen LogP contribution in [0.15, 0.2) is 60.8 Å². The van der Waals surface area contributed by atoms with E-state index in [-0.39, 0.29) is 5.91 Å². The first-order chi connectivity index (χ1) is 14.6. The summed E-state index contributed by atoms with van der Waals surface area (Å²) in [4.78, 5) is 17.9. The molecule has 2 aliphatic rings. The number of amides is 1. The fraction of sp³-hybridized carbons (Fsp3) is 0.292. The quantitative estimate of drug-likeness (QED) is 0.508. The van der Waals surface area contributed by atoms with Crippen molar-refractivity contribution in [1.82, 2.24) is 4.57 Å². The van der Waals surface area contributed by atoms with E-state index in [2.05, 4.69) is 17.0 Å². The number of rotatable bonds is 5. The second-order valence-corrected chi connectivity index (χ2v) is 8.94. The van der Waals surface area contributed by atoms with Crippen LogP contribution in [0.4, 0.5) is 11.4 Å². The summed E-state index contributed by atoms with van der Waals surface area (Å²) in [7, 11) is 0. The maximum absolute atomic E-state index is 13.6. The average Bonchev–Trinajstić information content (AvgIpc) is 3.45. The van der Waals surface area contributed by atoms with Crippen molar-refractivity contribution >= 4 is 40.5 Å². The molecule has 3 aromatic rings. The Morgan fingerprint density at radius 2 is 1.77 bits per heavy atom. The van der Waals surface area contributed by atoms with Crippen LogP contribution in [0.2, 0.25) is 10.0 Å². The molecule has 4 nitrogen and oxygen atoms in total. The second kappa shape index (κ2) is 8.01. The van der Waals surface area contributed by atoms with E-state index in [1.807, 2.05) is 46.0 Å². The Labute approximate surface area is 186 Å². The van der Waals surface area contributed by atoms with Gasteiger partial charge in [0.1, 0.15) is 5.69 Å². The smallest absolute Gasteiger partial charge is 0.275 e. The van der Waals surface area contributed by atoms with Crippen molar-refractivity contribution in [2.45, 2.75) is 19.4 Å². The van der Waals surface area contributed by atoms with Crippen LogP contribution in [-0.2, 0) is 6.54 Å². The predicted octanol–water partition coefficient (Wildman–Crippen LogP) is 5.72. The first-order valence-corrected chi connectivity index (χ1v) is 11.1. The normalized spacial score (nSPS) is 15.9. The van der Waals surface area contributed by atoms with Crippen molar-refractivity contribution in [3.05, 3.63) is 82.1 Å². The molecule has 0 N–H and O–H groups in total. The van der Waals surface area contributed by atoms with Crippen LogP contribution >= 0.6 is 23.2 Å². The summed E-state index contributed by atoms with van der Waals surface area (Å²) in [6.07, 6.45) is 4.56. The molecule has 2 heterocycles. The average molecular weight is 440 g/mol. The molecular formula is C24H23Cl2N3O. The van der Waals surface area contributed by atoms with Crippen LogP contribution < -0.4 is 9.80 Å². The van der Waals surface area contributed by atoms with E-state index < -0.39 is 0 Å². The van der Waals surface area contributed by atoms with Gasteiger partial charge >= 0.3 is 0 Å². The molecule has 1 fully saturated rings. The van der Waals surface area contributed by atoms with Gasteiger partial charge in [0.25, 0.3) is 5.91 Å². The van der Waals surface area contributed by atoms with Gasteiger partial charge in [-0.2, -0.15) is 0 Å². The maximum Gasteiger partial charge on any atom is 0.275 e. The van der Waals surface area contributed by atoms with Crippen LogP contribution in [0.3, 0.4) is 0 Å². The molecule has 1 saturated carbocycles. The van der Waals surface area contributed by atoms with Gasteiger partial charge in [-0.15, -0.1) is 0 Å². The molecule has 1 aromatic heterocycles. The van der Waals surface area contributed by atoms with Gasteiger partial charge in [-0.05, 0) is 66.8 Å². The predicted molar refractivity (Wildman–Crippen MR) is 123 cm³/mol. The Hall–Kier alpha value is -2.43. The van der Waals surface area contributed by atoms with Crippen molar-refractivity contribution < 1.29 is 4.79 Å². The van der Waals surface area contributed by atoms with Crippen LogP contribution in [0.25, 0.3) is 0 Å². The molecule has 0 unspecified atom stereocenters. The fourth-order valence-corrected chi connectivity index (χ4v) is 4.54. The lowest BCUT2D eigenvalue weighted by molar-refractivity contribution is 0.0978. The number of aromatic nitrogens is 1. The van der Waals surface area contributed by atoms with Crippen LogP contribution in [0.1, 0.15) is 28.9 Å². The molecule has 0 radical (unpaired) electrons. The molecule has 1 aliphatic heterocycles. The number of carbonyl (C=O) groups excluding carboxylic acids is 1. The molecule has 30 heavy (non-hydrogen) atoms. The molecule has 2 aromatic carbocycles. The molecule has 0 bridgehead atoms. The van der Waals surface area contributed by atoms with E-state index in [1.165, 1.54) is 12.8 Å². The van der Waals surface area contributed by atoms with Gasteiger partial charge < -0.3 is 14.4 Å². The van der Waals surface area contributed by atoms with E-state index in [4.69, 9.17) is 23.2 Å². The molecule has 154 valence electrons. The highest BCUT2D eigenvalue weighted by Crippen LogP contribution is 2.38. The van der Waals surface area contributed by atoms with Gasteiger partial charge in [-0.3, -0.25) is 4.79 Å². The summed E-state index contributed by atoms with van der Waals surface area (Å²) in [5.74, 6) is 0.816. The molecule has 5 rings (SSSR count). The third-order valence-corrected chi connectivity index (χ3v) is 6.53. The molecule has 0 spiro atoms. The van der Waals surface area contributed by atoms with Crippen molar-refractivity contribution in [1.29, 1.82) is 0 Å². The molecule has 6 heteroatoms. The van der Waals surface area contributed by atoms with Crippen LogP contribution in [0, 0.1) is 5.92 Å². The highest BCUT2D eigenvalue weighted by atomic mass is 35.5. The summed E-state index contributed by atoms with van der Waals surface area (Å²) in [5.41, 5.74) is 3.68. The minimum atomic E-state index is 0.0108. The Kier molecular flexibility index (Phi) is 5.21. The lowest BCUT2D eigenvalue weighted by atomic mass is 10.1. The number of benzene rings is 2. The Balaban J connectivity index is 1.43. The fourth-order valence-electron chi connectivity index (χ4n) is 4.17. The number of anilines is 2. The monoisotopic (exact) mass is 439 g/mol. The minimum Gasteiger partial charge on any atom is -0.368 e. The summed E-state index contributed by atoms with van der Waals surface area (Å²) in [6, 6.07) is 17.4. The Morgan fingerprint density at radius 3 is 2.57 bits per heavy atom. The third kappa shape index (κ3) is 3.82. The number of hydrogen-bond acceptors (Lipinski definition) is 2. The number of para-hydroxylation sites is 2. The van der Waals surface area contributed by atoms with Crippen molar-refractivity contribution in [3.8, 4) is 0 Å². The summed E-state index contributed by atoms with van der Waals surface area (Å²) in [5, 5.41) is 1.28. The number of fused-ring (bicyclic) bond motifs is 1. The Morgan fingerprint density at radius 1 is 0.967 bits per heavy atom. The molecule has 0 atom stereocenters. The number of carbonyl (C=O) groups is 1. The van der Waals surface area contributed by atoms with Gasteiger partial charge in [-0.1, -0.05) is 35.3 Å². The van der Waals surface area contributed by atoms with E-state index >= 15 is 0 Å². The summed E-state index contributed by atoms with van der Waals surface area (Å²) < 4.78 is 1.94. The van der Waals surface area contributed by atoms with E-state index in [9.17, 15) is 4.79 Å². The zero-order chi connectivity index (χ0) is 20.7. The van der Waals surface area contributed by atoms with Gasteiger partial charge in [0.2, 0.25) is 0 Å².